The second kappa shape index (κ2) is 2.75. The van der Waals surface area contributed by atoms with Crippen molar-refractivity contribution in [1.29, 1.82) is 0 Å². The molecule has 0 saturated carbocycles. The molecule has 0 atom stereocenters. The first-order valence-electron chi connectivity index (χ1n) is 3.53. The van der Waals surface area contributed by atoms with Crippen LogP contribution in [0.2, 0.25) is 0 Å². The van der Waals surface area contributed by atoms with E-state index >= 15 is 0 Å². The zero-order valence-corrected chi connectivity index (χ0v) is 7.67. The number of fused-ring (bicyclic) bond motifs is 1. The second-order valence-electron chi connectivity index (χ2n) is 2.41. The summed E-state index contributed by atoms with van der Waals surface area (Å²) in [6.07, 6.45) is 3.81. The van der Waals surface area contributed by atoms with E-state index in [4.69, 9.17) is 0 Å². The summed E-state index contributed by atoms with van der Waals surface area (Å²) in [6.45, 7) is 1.94. The first kappa shape index (κ1) is 7.54. The average molecular weight is 180 g/mol. The van der Waals surface area contributed by atoms with Gasteiger partial charge in [0.1, 0.15) is 0 Å². The van der Waals surface area contributed by atoms with E-state index in [0.29, 0.717) is 5.78 Å². The summed E-state index contributed by atoms with van der Waals surface area (Å²) in [5.41, 5.74) is 0.961. The zero-order chi connectivity index (χ0) is 8.55. The van der Waals surface area contributed by atoms with Crippen LogP contribution in [0.3, 0.4) is 0 Å². The third-order valence-corrected chi connectivity index (χ3v) is 2.05. The van der Waals surface area contributed by atoms with Crippen molar-refractivity contribution in [2.24, 2.45) is 0 Å². The predicted molar refractivity (Wildman–Crippen MR) is 47.3 cm³/mol. The van der Waals surface area contributed by atoms with Crippen molar-refractivity contribution in [1.82, 2.24) is 19.6 Å². The highest BCUT2D eigenvalue weighted by Gasteiger charge is 2.01. The molecule has 0 N–H and O–H groups in total. The minimum atomic E-state index is 0.666. The largest absolute Gasteiger partial charge is 0.253 e. The molecule has 0 unspecified atom stereocenters. The standard InChI is InChI=1S/C7H8N4S/c1-5-3-4-11-6(8-5)9-7(10-11)12-2/h3-4H,1-2H3. The lowest BCUT2D eigenvalue weighted by atomic mass is 10.5. The fraction of sp³-hybridized carbons (Fsp3) is 0.286. The molecular formula is C7H8N4S. The van der Waals surface area contributed by atoms with Crippen LogP contribution in [0, 0.1) is 6.92 Å². The highest BCUT2D eigenvalue weighted by Crippen LogP contribution is 2.08. The lowest BCUT2D eigenvalue weighted by Gasteiger charge is -1.89. The number of thioether (sulfide) groups is 1. The van der Waals surface area contributed by atoms with E-state index in [1.165, 1.54) is 11.8 Å². The molecule has 0 amide bonds. The lowest BCUT2D eigenvalue weighted by molar-refractivity contribution is 0.876. The van der Waals surface area contributed by atoms with Gasteiger partial charge in [0.15, 0.2) is 0 Å². The molecule has 0 spiro atoms. The first-order valence-corrected chi connectivity index (χ1v) is 4.76. The minimum absolute atomic E-state index is 0.666. The summed E-state index contributed by atoms with van der Waals surface area (Å²) in [7, 11) is 0. The van der Waals surface area contributed by atoms with Gasteiger partial charge in [-0.15, -0.1) is 5.10 Å². The summed E-state index contributed by atoms with van der Waals surface area (Å²) >= 11 is 1.52. The molecule has 2 aromatic rings. The average Bonchev–Trinajstić information content (AvgIpc) is 2.46. The molecule has 5 heteroatoms. The quantitative estimate of drug-likeness (QED) is 0.617. The third kappa shape index (κ3) is 1.16. The second-order valence-corrected chi connectivity index (χ2v) is 3.19. The number of hydrogen-bond acceptors (Lipinski definition) is 4. The summed E-state index contributed by atoms with van der Waals surface area (Å²) in [5, 5.41) is 4.94. The fourth-order valence-electron chi connectivity index (χ4n) is 0.932. The Bertz CT molecular complexity index is 409. The normalized spacial score (nSPS) is 10.8. The van der Waals surface area contributed by atoms with Crippen molar-refractivity contribution in [3.05, 3.63) is 18.0 Å². The number of aryl methyl sites for hydroxylation is 1. The Morgan fingerprint density at radius 3 is 3.00 bits per heavy atom. The smallest absolute Gasteiger partial charge is 0.216 e. The van der Waals surface area contributed by atoms with E-state index in [1.54, 1.807) is 4.52 Å². The molecule has 0 aliphatic carbocycles. The Balaban J connectivity index is 2.67. The fourth-order valence-corrected chi connectivity index (χ4v) is 1.27. The topological polar surface area (TPSA) is 43.1 Å². The highest BCUT2D eigenvalue weighted by atomic mass is 32.2. The number of hydrogen-bond donors (Lipinski definition) is 0. The summed E-state index contributed by atoms with van der Waals surface area (Å²) in [6, 6.07) is 1.91. The Morgan fingerprint density at radius 1 is 1.42 bits per heavy atom. The molecule has 0 aliphatic rings. The van der Waals surface area contributed by atoms with Crippen molar-refractivity contribution < 1.29 is 0 Å². The SMILES string of the molecule is CSc1nc2nc(C)ccn2n1. The number of aromatic nitrogens is 4. The Labute approximate surface area is 74.0 Å². The van der Waals surface area contributed by atoms with Gasteiger partial charge in [0.2, 0.25) is 5.16 Å². The van der Waals surface area contributed by atoms with Gasteiger partial charge in [0.05, 0.1) is 0 Å². The maximum Gasteiger partial charge on any atom is 0.253 e. The molecule has 62 valence electrons. The summed E-state index contributed by atoms with van der Waals surface area (Å²) in [5.74, 6) is 0.666. The third-order valence-electron chi connectivity index (χ3n) is 1.51. The summed E-state index contributed by atoms with van der Waals surface area (Å²) in [4.78, 5) is 8.42. The van der Waals surface area contributed by atoms with Crippen LogP contribution in [0.25, 0.3) is 5.78 Å². The van der Waals surface area contributed by atoms with Crippen molar-refractivity contribution in [2.75, 3.05) is 6.26 Å². The molecular weight excluding hydrogens is 172 g/mol. The van der Waals surface area contributed by atoms with Crippen molar-refractivity contribution in [2.45, 2.75) is 12.1 Å². The van der Waals surface area contributed by atoms with Gasteiger partial charge in [0.25, 0.3) is 5.78 Å². The van der Waals surface area contributed by atoms with E-state index < -0.39 is 0 Å². The van der Waals surface area contributed by atoms with Crippen LogP contribution in [-0.4, -0.2) is 25.8 Å². The van der Waals surface area contributed by atoms with Gasteiger partial charge in [-0.3, -0.25) is 0 Å². The van der Waals surface area contributed by atoms with Gasteiger partial charge in [-0.25, -0.2) is 9.50 Å². The highest BCUT2D eigenvalue weighted by molar-refractivity contribution is 7.98. The molecule has 0 saturated heterocycles. The Hall–Kier alpha value is -1.10. The molecule has 2 heterocycles. The van der Waals surface area contributed by atoms with Gasteiger partial charge in [-0.2, -0.15) is 4.98 Å². The molecule has 0 bridgehead atoms. The van der Waals surface area contributed by atoms with E-state index in [-0.39, 0.29) is 0 Å². The Morgan fingerprint density at radius 2 is 2.25 bits per heavy atom. The first-order chi connectivity index (χ1) is 5.79. The molecule has 0 fully saturated rings. The van der Waals surface area contributed by atoms with Crippen LogP contribution in [0.15, 0.2) is 17.4 Å². The molecule has 2 aromatic heterocycles. The lowest BCUT2D eigenvalue weighted by Crippen LogP contribution is -1.90. The maximum atomic E-state index is 4.22. The molecule has 2 rings (SSSR count). The predicted octanol–water partition coefficient (Wildman–Crippen LogP) is 1.15. The summed E-state index contributed by atoms with van der Waals surface area (Å²) < 4.78 is 1.68. The van der Waals surface area contributed by atoms with Crippen LogP contribution in [0.5, 0.6) is 0 Å². The zero-order valence-electron chi connectivity index (χ0n) is 6.85. The van der Waals surface area contributed by atoms with Gasteiger partial charge in [-0.1, -0.05) is 11.8 Å². The van der Waals surface area contributed by atoms with E-state index in [0.717, 1.165) is 10.9 Å². The molecule has 0 aliphatic heterocycles. The molecule has 0 aromatic carbocycles. The van der Waals surface area contributed by atoms with Gasteiger partial charge in [0, 0.05) is 11.9 Å². The van der Waals surface area contributed by atoms with E-state index in [9.17, 15) is 0 Å². The van der Waals surface area contributed by atoms with Gasteiger partial charge in [-0.05, 0) is 19.2 Å². The molecule has 12 heavy (non-hydrogen) atoms. The van der Waals surface area contributed by atoms with E-state index in [1.807, 2.05) is 25.4 Å². The van der Waals surface area contributed by atoms with Crippen molar-refractivity contribution in [3.63, 3.8) is 0 Å². The Kier molecular flexibility index (Phi) is 1.73. The molecule has 0 radical (unpaired) electrons. The monoisotopic (exact) mass is 180 g/mol. The van der Waals surface area contributed by atoms with E-state index in [2.05, 4.69) is 15.1 Å². The van der Waals surface area contributed by atoms with Crippen molar-refractivity contribution >= 4 is 17.5 Å². The number of rotatable bonds is 1. The van der Waals surface area contributed by atoms with Crippen LogP contribution >= 0.6 is 11.8 Å². The van der Waals surface area contributed by atoms with Gasteiger partial charge >= 0.3 is 0 Å². The van der Waals surface area contributed by atoms with Crippen molar-refractivity contribution in [3.8, 4) is 0 Å². The molecule has 4 nitrogen and oxygen atoms in total. The maximum absolute atomic E-state index is 4.22. The number of nitrogens with zero attached hydrogens (tertiary/aromatic N) is 4. The minimum Gasteiger partial charge on any atom is -0.216 e. The van der Waals surface area contributed by atoms with Crippen LogP contribution in [-0.2, 0) is 0 Å². The van der Waals surface area contributed by atoms with Crippen LogP contribution < -0.4 is 0 Å². The van der Waals surface area contributed by atoms with Crippen LogP contribution in [0.1, 0.15) is 5.69 Å². The van der Waals surface area contributed by atoms with Crippen LogP contribution in [0.4, 0.5) is 0 Å². The van der Waals surface area contributed by atoms with Gasteiger partial charge < -0.3 is 0 Å².